The molecule has 0 fully saturated rings. The highest BCUT2D eigenvalue weighted by atomic mass is 35.5. The van der Waals surface area contributed by atoms with Gasteiger partial charge in [-0.3, -0.25) is 0 Å². The molecule has 7 heteroatoms. The summed E-state index contributed by atoms with van der Waals surface area (Å²) in [6.07, 6.45) is -1.44. The lowest BCUT2D eigenvalue weighted by molar-refractivity contribution is 0.193. The second-order valence-corrected chi connectivity index (χ2v) is 6.65. The normalized spacial score (nSPS) is 12.6. The maximum atomic E-state index is 12.6. The molecular formula is C14H12ClNO4S. The molecule has 5 nitrogen and oxygen atoms in total. The number of carbonyl (C=O) groups is 1. The van der Waals surface area contributed by atoms with Gasteiger partial charge in [-0.15, -0.1) is 0 Å². The largest absolute Gasteiger partial charge is 0.465 e. The Labute approximate surface area is 127 Å². The summed E-state index contributed by atoms with van der Waals surface area (Å²) in [6.45, 7) is 0. The number of nitrogens with one attached hydrogen (secondary N) is 1. The molecule has 2 aromatic rings. The first kappa shape index (κ1) is 15.3. The van der Waals surface area contributed by atoms with Gasteiger partial charge in [-0.1, -0.05) is 48.0 Å². The standard InChI is InChI=1S/C14H12ClNO4S/c15-12-9-5-4-8-11(12)13(16-14(17)18)21(19,20)10-6-2-1-3-7-10/h1-9,13,16H,(H,17,18). The summed E-state index contributed by atoms with van der Waals surface area (Å²) >= 11 is 6.00. The first-order valence-corrected chi connectivity index (χ1v) is 7.88. The van der Waals surface area contributed by atoms with Crippen LogP contribution in [-0.4, -0.2) is 19.6 Å². The molecule has 1 amide bonds. The third kappa shape index (κ3) is 3.34. The first-order valence-electron chi connectivity index (χ1n) is 5.96. The van der Waals surface area contributed by atoms with E-state index in [0.29, 0.717) is 0 Å². The summed E-state index contributed by atoms with van der Waals surface area (Å²) in [4.78, 5) is 11.0. The van der Waals surface area contributed by atoms with Gasteiger partial charge in [0.15, 0.2) is 5.37 Å². The van der Waals surface area contributed by atoms with E-state index in [2.05, 4.69) is 0 Å². The van der Waals surface area contributed by atoms with E-state index in [1.165, 1.54) is 24.3 Å². The van der Waals surface area contributed by atoms with Gasteiger partial charge in [-0.05, 0) is 18.2 Å². The second kappa shape index (κ2) is 6.15. The summed E-state index contributed by atoms with van der Waals surface area (Å²) in [5.74, 6) is 0. The van der Waals surface area contributed by atoms with E-state index in [4.69, 9.17) is 16.7 Å². The lowest BCUT2D eigenvalue weighted by Crippen LogP contribution is -2.33. The molecule has 110 valence electrons. The Balaban J connectivity index is 2.56. The Morgan fingerprint density at radius 1 is 1.05 bits per heavy atom. The molecule has 0 radical (unpaired) electrons. The van der Waals surface area contributed by atoms with E-state index >= 15 is 0 Å². The zero-order chi connectivity index (χ0) is 15.5. The fourth-order valence-corrected chi connectivity index (χ4v) is 3.78. The predicted octanol–water partition coefficient (Wildman–Crippen LogP) is 3.08. The van der Waals surface area contributed by atoms with Crippen LogP contribution >= 0.6 is 11.6 Å². The van der Waals surface area contributed by atoms with Crippen molar-refractivity contribution in [3.05, 3.63) is 65.2 Å². The number of carboxylic acid groups (broad SMARTS) is 1. The monoisotopic (exact) mass is 325 g/mol. The number of amides is 1. The van der Waals surface area contributed by atoms with E-state index < -0.39 is 21.3 Å². The Morgan fingerprint density at radius 3 is 2.19 bits per heavy atom. The number of rotatable bonds is 4. The highest BCUT2D eigenvalue weighted by Crippen LogP contribution is 2.31. The van der Waals surface area contributed by atoms with Gasteiger partial charge >= 0.3 is 6.09 Å². The average Bonchev–Trinajstić information content (AvgIpc) is 2.46. The molecule has 2 aromatic carbocycles. The van der Waals surface area contributed by atoms with Gasteiger partial charge < -0.3 is 10.4 Å². The Kier molecular flexibility index (Phi) is 4.50. The number of hydrogen-bond donors (Lipinski definition) is 2. The molecule has 0 spiro atoms. The van der Waals surface area contributed by atoms with Crippen molar-refractivity contribution in [1.82, 2.24) is 5.32 Å². The summed E-state index contributed by atoms with van der Waals surface area (Å²) in [7, 11) is -3.95. The topological polar surface area (TPSA) is 83.5 Å². The first-order chi connectivity index (χ1) is 9.93. The van der Waals surface area contributed by atoms with Gasteiger partial charge in [0.2, 0.25) is 9.84 Å². The lowest BCUT2D eigenvalue weighted by atomic mass is 10.2. The van der Waals surface area contributed by atoms with Gasteiger partial charge in [0.1, 0.15) is 0 Å². The lowest BCUT2D eigenvalue weighted by Gasteiger charge is -2.19. The Morgan fingerprint density at radius 2 is 1.62 bits per heavy atom. The molecule has 2 rings (SSSR count). The van der Waals surface area contributed by atoms with Crippen molar-refractivity contribution in [1.29, 1.82) is 0 Å². The van der Waals surface area contributed by atoms with Crippen LogP contribution in [0.5, 0.6) is 0 Å². The van der Waals surface area contributed by atoms with Crippen LogP contribution < -0.4 is 5.32 Å². The van der Waals surface area contributed by atoms with Gasteiger partial charge in [-0.2, -0.15) is 0 Å². The molecule has 0 bridgehead atoms. The van der Waals surface area contributed by atoms with Crippen LogP contribution in [0.3, 0.4) is 0 Å². The van der Waals surface area contributed by atoms with Crippen LogP contribution in [0.15, 0.2) is 59.5 Å². The number of benzene rings is 2. The molecule has 0 aliphatic heterocycles. The minimum Gasteiger partial charge on any atom is -0.465 e. The molecule has 0 aromatic heterocycles. The maximum Gasteiger partial charge on any atom is 0.405 e. The zero-order valence-electron chi connectivity index (χ0n) is 10.7. The molecule has 2 N–H and O–H groups in total. The van der Waals surface area contributed by atoms with Crippen LogP contribution in [-0.2, 0) is 9.84 Å². The number of hydrogen-bond acceptors (Lipinski definition) is 3. The molecule has 1 unspecified atom stereocenters. The molecule has 21 heavy (non-hydrogen) atoms. The fourth-order valence-electron chi connectivity index (χ4n) is 1.87. The van der Waals surface area contributed by atoms with E-state index in [0.717, 1.165) is 0 Å². The highest BCUT2D eigenvalue weighted by Gasteiger charge is 2.31. The predicted molar refractivity (Wildman–Crippen MR) is 79.0 cm³/mol. The Bertz CT molecular complexity index is 747. The SMILES string of the molecule is O=C(O)NC(c1ccccc1Cl)S(=O)(=O)c1ccccc1. The van der Waals surface area contributed by atoms with E-state index in [-0.39, 0.29) is 15.5 Å². The van der Waals surface area contributed by atoms with Gasteiger partial charge in [-0.25, -0.2) is 13.2 Å². The highest BCUT2D eigenvalue weighted by molar-refractivity contribution is 7.91. The van der Waals surface area contributed by atoms with Crippen LogP contribution in [0, 0.1) is 0 Å². The molecule has 0 aliphatic rings. The summed E-state index contributed by atoms with van der Waals surface area (Å²) < 4.78 is 25.3. The van der Waals surface area contributed by atoms with Crippen molar-refractivity contribution >= 4 is 27.5 Å². The van der Waals surface area contributed by atoms with Crippen LogP contribution in [0.1, 0.15) is 10.9 Å². The van der Waals surface area contributed by atoms with Crippen molar-refractivity contribution in [2.24, 2.45) is 0 Å². The summed E-state index contributed by atoms with van der Waals surface area (Å²) in [6, 6.07) is 13.8. The van der Waals surface area contributed by atoms with Crippen molar-refractivity contribution in [3.63, 3.8) is 0 Å². The van der Waals surface area contributed by atoms with Crippen molar-refractivity contribution < 1.29 is 18.3 Å². The second-order valence-electron chi connectivity index (χ2n) is 4.21. The van der Waals surface area contributed by atoms with Gasteiger partial charge in [0.25, 0.3) is 0 Å². The van der Waals surface area contributed by atoms with Gasteiger partial charge in [0, 0.05) is 10.6 Å². The average molecular weight is 326 g/mol. The van der Waals surface area contributed by atoms with Crippen molar-refractivity contribution in [2.45, 2.75) is 10.3 Å². The smallest absolute Gasteiger partial charge is 0.405 e. The van der Waals surface area contributed by atoms with Crippen LogP contribution in [0.4, 0.5) is 4.79 Å². The van der Waals surface area contributed by atoms with Crippen molar-refractivity contribution in [2.75, 3.05) is 0 Å². The van der Waals surface area contributed by atoms with Crippen LogP contribution in [0.25, 0.3) is 0 Å². The molecule has 0 saturated heterocycles. The molecule has 0 heterocycles. The maximum absolute atomic E-state index is 12.6. The Hall–Kier alpha value is -2.05. The number of halogens is 1. The van der Waals surface area contributed by atoms with Crippen LogP contribution in [0.2, 0.25) is 5.02 Å². The fraction of sp³-hybridized carbons (Fsp3) is 0.0714. The van der Waals surface area contributed by atoms with Crippen molar-refractivity contribution in [3.8, 4) is 0 Å². The minimum atomic E-state index is -3.95. The van der Waals surface area contributed by atoms with E-state index in [1.54, 1.807) is 30.3 Å². The summed E-state index contributed by atoms with van der Waals surface area (Å²) in [5.41, 5.74) is 0.186. The molecular weight excluding hydrogens is 314 g/mol. The molecule has 0 aliphatic carbocycles. The summed E-state index contributed by atoms with van der Waals surface area (Å²) in [5, 5.41) is 9.66. The quantitative estimate of drug-likeness (QED) is 0.904. The third-order valence-electron chi connectivity index (χ3n) is 2.82. The van der Waals surface area contributed by atoms with E-state index in [1.807, 2.05) is 5.32 Å². The zero-order valence-corrected chi connectivity index (χ0v) is 12.3. The molecule has 0 saturated carbocycles. The number of sulfone groups is 1. The third-order valence-corrected chi connectivity index (χ3v) is 5.09. The van der Waals surface area contributed by atoms with Gasteiger partial charge in [0.05, 0.1) is 4.90 Å². The minimum absolute atomic E-state index is 0.0173. The molecule has 1 atom stereocenters. The van der Waals surface area contributed by atoms with E-state index in [9.17, 15) is 13.2 Å².